The molecular formula is C22H18ClN3O3S2. The maximum atomic E-state index is 12.5. The molecule has 3 aromatic rings. The molecule has 0 aliphatic carbocycles. The fraction of sp³-hybridized carbons (Fsp3) is 0. The summed E-state index contributed by atoms with van der Waals surface area (Å²) in [6.07, 6.45) is 2.90. The third-order valence-corrected chi connectivity index (χ3v) is 5.95. The zero-order valence-electron chi connectivity index (χ0n) is 16.1. The molecule has 0 heterocycles. The number of rotatable bonds is 6. The third-order valence-electron chi connectivity index (χ3n) is 4.00. The molecule has 0 fully saturated rings. The van der Waals surface area contributed by atoms with Gasteiger partial charge in [-0.1, -0.05) is 48.0 Å². The van der Waals surface area contributed by atoms with Crippen LogP contribution >= 0.6 is 23.8 Å². The zero-order chi connectivity index (χ0) is 22.3. The van der Waals surface area contributed by atoms with Crippen molar-refractivity contribution in [3.05, 3.63) is 95.5 Å². The second-order valence-corrected chi connectivity index (χ2v) is 8.79. The van der Waals surface area contributed by atoms with Crippen LogP contribution < -0.4 is 15.4 Å². The first-order valence-electron chi connectivity index (χ1n) is 9.06. The standard InChI is InChI=1S/C22H18ClN3O3S2/c23-20-9-5-4-6-16(20)10-15-21(27)25-22(30)24-17-11-13-19(14-12-17)31(28,29)26-18-7-2-1-3-8-18/h1-15,26H,(H2,24,25,27,30). The van der Waals surface area contributed by atoms with Crippen molar-refractivity contribution in [2.24, 2.45) is 0 Å². The summed E-state index contributed by atoms with van der Waals surface area (Å²) < 4.78 is 27.4. The van der Waals surface area contributed by atoms with E-state index in [0.29, 0.717) is 22.0 Å². The van der Waals surface area contributed by atoms with E-state index in [2.05, 4.69) is 15.4 Å². The fourth-order valence-corrected chi connectivity index (χ4v) is 4.01. The van der Waals surface area contributed by atoms with Crippen LogP contribution in [0.15, 0.2) is 89.8 Å². The van der Waals surface area contributed by atoms with Crippen LogP contribution in [0.4, 0.5) is 11.4 Å². The Hall–Kier alpha value is -3.20. The Bertz CT molecular complexity index is 1210. The van der Waals surface area contributed by atoms with Crippen LogP contribution in [0.3, 0.4) is 0 Å². The molecule has 1 amide bonds. The average Bonchev–Trinajstić information content (AvgIpc) is 2.74. The lowest BCUT2D eigenvalue weighted by Gasteiger charge is -2.10. The summed E-state index contributed by atoms with van der Waals surface area (Å²) in [6.45, 7) is 0. The van der Waals surface area contributed by atoms with Crippen LogP contribution in [0, 0.1) is 0 Å². The Kier molecular flexibility index (Phi) is 7.41. The minimum absolute atomic E-state index is 0.0758. The number of hydrogen-bond donors (Lipinski definition) is 3. The number of sulfonamides is 1. The molecule has 0 aromatic heterocycles. The highest BCUT2D eigenvalue weighted by Gasteiger charge is 2.14. The van der Waals surface area contributed by atoms with Gasteiger partial charge in [-0.15, -0.1) is 0 Å². The van der Waals surface area contributed by atoms with Gasteiger partial charge in [0, 0.05) is 22.5 Å². The van der Waals surface area contributed by atoms with Gasteiger partial charge in [-0.3, -0.25) is 14.8 Å². The van der Waals surface area contributed by atoms with Crippen LogP contribution in [-0.4, -0.2) is 19.4 Å². The Morgan fingerprint density at radius 2 is 1.52 bits per heavy atom. The van der Waals surface area contributed by atoms with Crippen molar-refractivity contribution in [3.8, 4) is 0 Å². The Labute approximate surface area is 191 Å². The van der Waals surface area contributed by atoms with E-state index in [-0.39, 0.29) is 10.0 Å². The van der Waals surface area contributed by atoms with Crippen molar-refractivity contribution >= 4 is 62.3 Å². The van der Waals surface area contributed by atoms with Crippen molar-refractivity contribution in [2.45, 2.75) is 4.90 Å². The number of nitrogens with one attached hydrogen (secondary N) is 3. The molecule has 6 nitrogen and oxygen atoms in total. The van der Waals surface area contributed by atoms with Gasteiger partial charge in [-0.05, 0) is 66.3 Å². The molecule has 0 unspecified atom stereocenters. The van der Waals surface area contributed by atoms with Gasteiger partial charge in [0.1, 0.15) is 0 Å². The van der Waals surface area contributed by atoms with Crippen LogP contribution in [0.2, 0.25) is 5.02 Å². The van der Waals surface area contributed by atoms with E-state index in [0.717, 1.165) is 0 Å². The van der Waals surface area contributed by atoms with Gasteiger partial charge in [0.25, 0.3) is 10.0 Å². The van der Waals surface area contributed by atoms with Crippen molar-refractivity contribution in [1.82, 2.24) is 5.32 Å². The maximum Gasteiger partial charge on any atom is 0.261 e. The van der Waals surface area contributed by atoms with Crippen molar-refractivity contribution in [2.75, 3.05) is 10.0 Å². The minimum atomic E-state index is -3.72. The number of halogens is 1. The molecule has 9 heteroatoms. The second kappa shape index (κ2) is 10.2. The summed E-state index contributed by atoms with van der Waals surface area (Å²) in [6, 6.07) is 21.7. The highest BCUT2D eigenvalue weighted by Crippen LogP contribution is 2.18. The lowest BCUT2D eigenvalue weighted by atomic mass is 10.2. The number of carbonyl (C=O) groups excluding carboxylic acids is 1. The van der Waals surface area contributed by atoms with Gasteiger partial charge < -0.3 is 5.32 Å². The van der Waals surface area contributed by atoms with E-state index >= 15 is 0 Å². The van der Waals surface area contributed by atoms with Gasteiger partial charge in [0.05, 0.1) is 4.90 Å². The lowest BCUT2D eigenvalue weighted by Crippen LogP contribution is -2.32. The number of amides is 1. The summed E-state index contributed by atoms with van der Waals surface area (Å²) in [4.78, 5) is 12.1. The number of thiocarbonyl (C=S) groups is 1. The molecule has 0 spiro atoms. The predicted octanol–water partition coefficient (Wildman–Crippen LogP) is 4.67. The van der Waals surface area contributed by atoms with E-state index in [1.54, 1.807) is 66.7 Å². The number of anilines is 2. The van der Waals surface area contributed by atoms with Crippen LogP contribution in [-0.2, 0) is 14.8 Å². The number of carbonyl (C=O) groups is 1. The van der Waals surface area contributed by atoms with E-state index in [9.17, 15) is 13.2 Å². The van der Waals surface area contributed by atoms with Crippen LogP contribution in [0.1, 0.15) is 5.56 Å². The Balaban J connectivity index is 1.57. The first-order chi connectivity index (χ1) is 14.8. The monoisotopic (exact) mass is 471 g/mol. The van der Waals surface area contributed by atoms with Gasteiger partial charge in [-0.25, -0.2) is 8.42 Å². The molecule has 3 N–H and O–H groups in total. The smallest absolute Gasteiger partial charge is 0.261 e. The molecule has 0 bridgehead atoms. The molecule has 31 heavy (non-hydrogen) atoms. The largest absolute Gasteiger partial charge is 0.332 e. The summed E-state index contributed by atoms with van der Waals surface area (Å²) in [5.41, 5.74) is 1.71. The minimum Gasteiger partial charge on any atom is -0.332 e. The average molecular weight is 472 g/mol. The van der Waals surface area contributed by atoms with Crippen LogP contribution in [0.5, 0.6) is 0 Å². The van der Waals surface area contributed by atoms with E-state index in [1.807, 2.05) is 6.07 Å². The third kappa shape index (κ3) is 6.65. The van der Waals surface area contributed by atoms with E-state index in [4.69, 9.17) is 23.8 Å². The zero-order valence-corrected chi connectivity index (χ0v) is 18.5. The molecule has 0 aliphatic heterocycles. The number of para-hydroxylation sites is 1. The molecule has 0 atom stereocenters. The summed E-state index contributed by atoms with van der Waals surface area (Å²) in [5, 5.41) is 5.96. The highest BCUT2D eigenvalue weighted by molar-refractivity contribution is 7.92. The highest BCUT2D eigenvalue weighted by atomic mass is 35.5. The first kappa shape index (κ1) is 22.5. The van der Waals surface area contributed by atoms with Crippen LogP contribution in [0.25, 0.3) is 6.08 Å². The topological polar surface area (TPSA) is 87.3 Å². The Morgan fingerprint density at radius 3 is 2.19 bits per heavy atom. The molecular weight excluding hydrogens is 454 g/mol. The quantitative estimate of drug-likeness (QED) is 0.359. The molecule has 0 radical (unpaired) electrons. The van der Waals surface area contributed by atoms with Crippen molar-refractivity contribution in [1.29, 1.82) is 0 Å². The van der Waals surface area contributed by atoms with Gasteiger partial charge >= 0.3 is 0 Å². The molecule has 3 rings (SSSR count). The molecule has 0 aliphatic rings. The number of hydrogen-bond acceptors (Lipinski definition) is 4. The number of benzene rings is 3. The van der Waals surface area contributed by atoms with E-state index < -0.39 is 15.9 Å². The van der Waals surface area contributed by atoms with Gasteiger partial charge in [0.2, 0.25) is 5.91 Å². The summed E-state index contributed by atoms with van der Waals surface area (Å²) >= 11 is 11.2. The van der Waals surface area contributed by atoms with Gasteiger partial charge in [-0.2, -0.15) is 0 Å². The predicted molar refractivity (Wildman–Crippen MR) is 129 cm³/mol. The Morgan fingerprint density at radius 1 is 0.871 bits per heavy atom. The van der Waals surface area contributed by atoms with Crippen molar-refractivity contribution in [3.63, 3.8) is 0 Å². The normalized spacial score (nSPS) is 11.1. The maximum absolute atomic E-state index is 12.5. The van der Waals surface area contributed by atoms with Gasteiger partial charge in [0.15, 0.2) is 5.11 Å². The SMILES string of the molecule is O=C(C=Cc1ccccc1Cl)NC(=S)Nc1ccc(S(=O)(=O)Nc2ccccc2)cc1. The summed E-state index contributed by atoms with van der Waals surface area (Å²) in [7, 11) is -3.72. The molecule has 3 aromatic carbocycles. The first-order valence-corrected chi connectivity index (χ1v) is 11.3. The second-order valence-electron chi connectivity index (χ2n) is 6.29. The molecule has 158 valence electrons. The van der Waals surface area contributed by atoms with Crippen molar-refractivity contribution < 1.29 is 13.2 Å². The lowest BCUT2D eigenvalue weighted by molar-refractivity contribution is -0.115. The summed E-state index contributed by atoms with van der Waals surface area (Å²) in [5.74, 6) is -0.427. The van der Waals surface area contributed by atoms with E-state index in [1.165, 1.54) is 18.2 Å². The fourth-order valence-electron chi connectivity index (χ4n) is 2.53. The molecule has 0 saturated carbocycles. The molecule has 0 saturated heterocycles.